The first-order valence-electron chi connectivity index (χ1n) is 3.72. The molecule has 0 spiro atoms. The third kappa shape index (κ3) is 1.23. The summed E-state index contributed by atoms with van der Waals surface area (Å²) in [6.07, 6.45) is 4.07. The number of nitrogens with two attached hydrogens (primary N) is 2. The third-order valence-electron chi connectivity index (χ3n) is 2.12. The molecule has 0 bridgehead atoms. The van der Waals surface area contributed by atoms with E-state index in [1.165, 1.54) is 4.88 Å². The number of hydrogen-bond donors (Lipinski definition) is 2. The van der Waals surface area contributed by atoms with Gasteiger partial charge in [-0.25, -0.2) is 4.98 Å². The zero-order valence-corrected chi connectivity index (χ0v) is 6.97. The molecular formula is C7H11N3S. The summed E-state index contributed by atoms with van der Waals surface area (Å²) in [7, 11) is 0. The van der Waals surface area contributed by atoms with Gasteiger partial charge >= 0.3 is 0 Å². The Morgan fingerprint density at radius 3 is 2.73 bits per heavy atom. The Labute approximate surface area is 69.4 Å². The highest BCUT2D eigenvalue weighted by molar-refractivity contribution is 7.15. The van der Waals surface area contributed by atoms with E-state index in [0.29, 0.717) is 17.1 Å². The van der Waals surface area contributed by atoms with Crippen molar-refractivity contribution in [3.05, 3.63) is 11.1 Å². The molecule has 0 amide bonds. The van der Waals surface area contributed by atoms with E-state index in [9.17, 15) is 0 Å². The predicted molar refractivity (Wildman–Crippen MR) is 46.5 cm³/mol. The van der Waals surface area contributed by atoms with Gasteiger partial charge in [0.1, 0.15) is 0 Å². The first-order valence-corrected chi connectivity index (χ1v) is 4.54. The third-order valence-corrected chi connectivity index (χ3v) is 3.11. The number of anilines is 1. The molecule has 1 fully saturated rings. The normalized spacial score (nSPS) is 29.9. The van der Waals surface area contributed by atoms with E-state index in [4.69, 9.17) is 11.5 Å². The molecule has 0 aromatic carbocycles. The number of thiazole rings is 1. The van der Waals surface area contributed by atoms with Crippen LogP contribution in [-0.2, 0) is 0 Å². The van der Waals surface area contributed by atoms with Gasteiger partial charge in [0.15, 0.2) is 5.13 Å². The van der Waals surface area contributed by atoms with Crippen LogP contribution >= 0.6 is 11.3 Å². The molecule has 0 atom stereocenters. The van der Waals surface area contributed by atoms with Crippen molar-refractivity contribution < 1.29 is 0 Å². The van der Waals surface area contributed by atoms with Crippen LogP contribution in [-0.4, -0.2) is 11.0 Å². The van der Waals surface area contributed by atoms with Crippen LogP contribution in [0.25, 0.3) is 0 Å². The Morgan fingerprint density at radius 1 is 1.55 bits per heavy atom. The number of hydrogen-bond acceptors (Lipinski definition) is 4. The molecular weight excluding hydrogens is 158 g/mol. The fourth-order valence-corrected chi connectivity index (χ4v) is 2.20. The number of aromatic nitrogens is 1. The summed E-state index contributed by atoms with van der Waals surface area (Å²) in [5.74, 6) is 0.639. The molecule has 1 aliphatic carbocycles. The summed E-state index contributed by atoms with van der Waals surface area (Å²) in [6, 6.07) is 0.406. The molecule has 0 radical (unpaired) electrons. The number of rotatable bonds is 1. The topological polar surface area (TPSA) is 64.9 Å². The van der Waals surface area contributed by atoms with Gasteiger partial charge in [-0.1, -0.05) is 0 Å². The average Bonchev–Trinajstić information content (AvgIpc) is 2.29. The standard InChI is InChI=1S/C7H11N3S/c8-5-1-4(2-5)6-3-10-7(9)11-6/h3-5H,1-2,8H2,(H2,9,10). The maximum Gasteiger partial charge on any atom is 0.180 e. The van der Waals surface area contributed by atoms with Crippen LogP contribution in [0.2, 0.25) is 0 Å². The lowest BCUT2D eigenvalue weighted by Gasteiger charge is -2.31. The van der Waals surface area contributed by atoms with Crippen LogP contribution in [0.15, 0.2) is 6.20 Å². The monoisotopic (exact) mass is 169 g/mol. The minimum Gasteiger partial charge on any atom is -0.375 e. The van der Waals surface area contributed by atoms with Crippen LogP contribution in [0, 0.1) is 0 Å². The van der Waals surface area contributed by atoms with Gasteiger partial charge < -0.3 is 11.5 Å². The van der Waals surface area contributed by atoms with Gasteiger partial charge in [-0.15, -0.1) is 11.3 Å². The Balaban J connectivity index is 2.07. The maximum absolute atomic E-state index is 5.67. The Kier molecular flexibility index (Phi) is 1.58. The lowest BCUT2D eigenvalue weighted by molar-refractivity contribution is 0.355. The highest BCUT2D eigenvalue weighted by atomic mass is 32.1. The predicted octanol–water partition coefficient (Wildman–Crippen LogP) is 0.930. The summed E-state index contributed by atoms with van der Waals surface area (Å²) in [5, 5.41) is 0.667. The first kappa shape index (κ1) is 7.06. The summed E-state index contributed by atoms with van der Waals surface area (Å²) < 4.78 is 0. The van der Waals surface area contributed by atoms with Crippen LogP contribution in [0.1, 0.15) is 23.6 Å². The first-order chi connectivity index (χ1) is 5.25. The molecule has 1 saturated carbocycles. The molecule has 4 N–H and O–H groups in total. The molecule has 0 aliphatic heterocycles. The highest BCUT2D eigenvalue weighted by Crippen LogP contribution is 2.38. The maximum atomic E-state index is 5.67. The summed E-state index contributed by atoms with van der Waals surface area (Å²) in [4.78, 5) is 5.30. The van der Waals surface area contributed by atoms with E-state index in [2.05, 4.69) is 4.98 Å². The van der Waals surface area contributed by atoms with Gasteiger partial charge in [0.25, 0.3) is 0 Å². The van der Waals surface area contributed by atoms with Gasteiger partial charge in [-0.05, 0) is 18.8 Å². The molecule has 1 aromatic rings. The Hall–Kier alpha value is -0.610. The van der Waals surface area contributed by atoms with Crippen molar-refractivity contribution in [3.63, 3.8) is 0 Å². The Bertz CT molecular complexity index is 252. The molecule has 1 aromatic heterocycles. The van der Waals surface area contributed by atoms with Crippen molar-refractivity contribution in [2.45, 2.75) is 24.8 Å². The summed E-state index contributed by atoms with van der Waals surface area (Å²) >= 11 is 1.58. The highest BCUT2D eigenvalue weighted by Gasteiger charge is 2.28. The lowest BCUT2D eigenvalue weighted by atomic mass is 9.80. The molecule has 3 nitrogen and oxygen atoms in total. The average molecular weight is 169 g/mol. The molecule has 2 rings (SSSR count). The second-order valence-electron chi connectivity index (χ2n) is 3.03. The Morgan fingerprint density at radius 2 is 2.27 bits per heavy atom. The van der Waals surface area contributed by atoms with E-state index in [0.717, 1.165) is 12.8 Å². The van der Waals surface area contributed by atoms with Gasteiger partial charge in [0, 0.05) is 17.1 Å². The SMILES string of the molecule is Nc1ncc(C2CC(N)C2)s1. The number of nitrogen functional groups attached to an aromatic ring is 1. The second kappa shape index (κ2) is 2.46. The fourth-order valence-electron chi connectivity index (χ4n) is 1.38. The van der Waals surface area contributed by atoms with Crippen molar-refractivity contribution in [3.8, 4) is 0 Å². The van der Waals surface area contributed by atoms with Crippen molar-refractivity contribution in [2.75, 3.05) is 5.73 Å². The second-order valence-corrected chi connectivity index (χ2v) is 4.12. The van der Waals surface area contributed by atoms with E-state index >= 15 is 0 Å². The molecule has 4 heteroatoms. The minimum atomic E-state index is 0.406. The number of nitrogens with zero attached hydrogens (tertiary/aromatic N) is 1. The van der Waals surface area contributed by atoms with E-state index in [-0.39, 0.29) is 0 Å². The van der Waals surface area contributed by atoms with Gasteiger partial charge in [-0.2, -0.15) is 0 Å². The lowest BCUT2D eigenvalue weighted by Crippen LogP contribution is -2.34. The van der Waals surface area contributed by atoms with E-state index < -0.39 is 0 Å². The molecule has 11 heavy (non-hydrogen) atoms. The van der Waals surface area contributed by atoms with Crippen molar-refractivity contribution in [1.29, 1.82) is 0 Å². The molecule has 1 heterocycles. The minimum absolute atomic E-state index is 0.406. The summed E-state index contributed by atoms with van der Waals surface area (Å²) in [5.41, 5.74) is 11.2. The largest absolute Gasteiger partial charge is 0.375 e. The van der Waals surface area contributed by atoms with Gasteiger partial charge in [0.2, 0.25) is 0 Å². The quantitative estimate of drug-likeness (QED) is 0.657. The molecule has 60 valence electrons. The molecule has 0 unspecified atom stereocenters. The van der Waals surface area contributed by atoms with Crippen LogP contribution in [0.3, 0.4) is 0 Å². The fraction of sp³-hybridized carbons (Fsp3) is 0.571. The van der Waals surface area contributed by atoms with Crippen LogP contribution in [0.4, 0.5) is 5.13 Å². The molecule has 0 saturated heterocycles. The van der Waals surface area contributed by atoms with Crippen molar-refractivity contribution >= 4 is 16.5 Å². The zero-order chi connectivity index (χ0) is 7.84. The van der Waals surface area contributed by atoms with E-state index in [1.807, 2.05) is 6.20 Å². The van der Waals surface area contributed by atoms with Gasteiger partial charge in [0.05, 0.1) is 0 Å². The zero-order valence-electron chi connectivity index (χ0n) is 6.16. The smallest absolute Gasteiger partial charge is 0.180 e. The van der Waals surface area contributed by atoms with Gasteiger partial charge in [-0.3, -0.25) is 0 Å². The van der Waals surface area contributed by atoms with Crippen LogP contribution < -0.4 is 11.5 Å². The summed E-state index contributed by atoms with van der Waals surface area (Å²) in [6.45, 7) is 0. The van der Waals surface area contributed by atoms with Crippen molar-refractivity contribution in [1.82, 2.24) is 4.98 Å². The van der Waals surface area contributed by atoms with E-state index in [1.54, 1.807) is 11.3 Å². The molecule has 1 aliphatic rings. The van der Waals surface area contributed by atoms with Crippen molar-refractivity contribution in [2.24, 2.45) is 5.73 Å². The van der Waals surface area contributed by atoms with Crippen LogP contribution in [0.5, 0.6) is 0 Å².